The van der Waals surface area contributed by atoms with E-state index in [1.807, 2.05) is 0 Å². The SMILES string of the molecule is COc1ccc(NCC(=O)c2ccc(S(=O)(=O)N3CCOCC3)cc2)c(OC)c1. The van der Waals surface area contributed by atoms with Gasteiger partial charge in [-0.05, 0) is 36.4 Å². The summed E-state index contributed by atoms with van der Waals surface area (Å²) in [5.41, 5.74) is 1.08. The minimum absolute atomic E-state index is 0.0399. The average Bonchev–Trinajstić information content (AvgIpc) is 2.78. The summed E-state index contributed by atoms with van der Waals surface area (Å²) < 4.78 is 42.4. The number of nitrogens with zero attached hydrogens (tertiary/aromatic N) is 1. The maximum atomic E-state index is 12.7. The molecule has 1 aliphatic heterocycles. The Morgan fingerprint density at radius 1 is 1.07 bits per heavy atom. The highest BCUT2D eigenvalue weighted by molar-refractivity contribution is 7.89. The number of hydrogen-bond donors (Lipinski definition) is 1. The van der Waals surface area contributed by atoms with Gasteiger partial charge in [-0.3, -0.25) is 4.79 Å². The maximum Gasteiger partial charge on any atom is 0.243 e. The van der Waals surface area contributed by atoms with Crippen molar-refractivity contribution in [1.29, 1.82) is 0 Å². The van der Waals surface area contributed by atoms with Crippen LogP contribution in [-0.2, 0) is 14.8 Å². The number of benzene rings is 2. The Morgan fingerprint density at radius 3 is 2.38 bits per heavy atom. The van der Waals surface area contributed by atoms with E-state index in [9.17, 15) is 13.2 Å². The third-order valence-corrected chi connectivity index (χ3v) is 6.55. The Morgan fingerprint density at radius 2 is 1.76 bits per heavy atom. The van der Waals surface area contributed by atoms with Crippen molar-refractivity contribution in [3.63, 3.8) is 0 Å². The zero-order chi connectivity index (χ0) is 20.9. The molecule has 2 aromatic carbocycles. The van der Waals surface area contributed by atoms with Gasteiger partial charge in [-0.25, -0.2) is 8.42 Å². The lowest BCUT2D eigenvalue weighted by molar-refractivity contribution is 0.0730. The molecule has 0 aromatic heterocycles. The van der Waals surface area contributed by atoms with Crippen molar-refractivity contribution < 1.29 is 27.4 Å². The van der Waals surface area contributed by atoms with Crippen molar-refractivity contribution in [3.05, 3.63) is 48.0 Å². The molecule has 1 fully saturated rings. The van der Waals surface area contributed by atoms with Crippen molar-refractivity contribution >= 4 is 21.5 Å². The molecular weight excluding hydrogens is 396 g/mol. The van der Waals surface area contributed by atoms with Gasteiger partial charge in [-0.2, -0.15) is 4.31 Å². The predicted octanol–water partition coefficient (Wildman–Crippen LogP) is 2.02. The number of anilines is 1. The first kappa shape index (κ1) is 21.1. The van der Waals surface area contributed by atoms with Crippen molar-refractivity contribution in [2.75, 3.05) is 52.4 Å². The second kappa shape index (κ2) is 9.25. The molecule has 3 rings (SSSR count). The first-order chi connectivity index (χ1) is 14.0. The van der Waals surface area contributed by atoms with Crippen molar-refractivity contribution in [1.82, 2.24) is 4.31 Å². The molecule has 1 saturated heterocycles. The molecule has 156 valence electrons. The van der Waals surface area contributed by atoms with Gasteiger partial charge in [-0.1, -0.05) is 0 Å². The van der Waals surface area contributed by atoms with Gasteiger partial charge in [0.05, 0.1) is 44.6 Å². The van der Waals surface area contributed by atoms with Gasteiger partial charge in [-0.15, -0.1) is 0 Å². The van der Waals surface area contributed by atoms with Gasteiger partial charge in [0.25, 0.3) is 0 Å². The van der Waals surface area contributed by atoms with Crippen molar-refractivity contribution in [2.45, 2.75) is 4.90 Å². The number of nitrogens with one attached hydrogen (secondary N) is 1. The van der Waals surface area contributed by atoms with Gasteiger partial charge < -0.3 is 19.5 Å². The summed E-state index contributed by atoms with van der Waals surface area (Å²) in [4.78, 5) is 12.7. The maximum absolute atomic E-state index is 12.7. The third-order valence-electron chi connectivity index (χ3n) is 4.63. The summed E-state index contributed by atoms with van der Waals surface area (Å²) in [5, 5.41) is 3.04. The summed E-state index contributed by atoms with van der Waals surface area (Å²) in [6.45, 7) is 1.47. The van der Waals surface area contributed by atoms with Gasteiger partial charge in [0.2, 0.25) is 10.0 Å². The van der Waals surface area contributed by atoms with Gasteiger partial charge in [0.15, 0.2) is 5.78 Å². The van der Waals surface area contributed by atoms with E-state index in [1.165, 1.54) is 35.7 Å². The molecular formula is C20H24N2O6S. The monoisotopic (exact) mass is 420 g/mol. The van der Waals surface area contributed by atoms with Crippen LogP contribution in [0.1, 0.15) is 10.4 Å². The number of ketones is 1. The fourth-order valence-corrected chi connectivity index (χ4v) is 4.38. The number of methoxy groups -OCH3 is 2. The minimum atomic E-state index is -3.58. The second-order valence-corrected chi connectivity index (χ2v) is 8.32. The van der Waals surface area contributed by atoms with Crippen LogP contribution >= 0.6 is 0 Å². The number of morpholine rings is 1. The van der Waals surface area contributed by atoms with Gasteiger partial charge in [0.1, 0.15) is 11.5 Å². The number of Topliss-reactive ketones (excluding diaryl/α,β-unsaturated/α-hetero) is 1. The van der Waals surface area contributed by atoms with Crippen LogP contribution in [0.25, 0.3) is 0 Å². The first-order valence-corrected chi connectivity index (χ1v) is 10.6. The quantitative estimate of drug-likeness (QED) is 0.653. The number of carbonyl (C=O) groups excluding carboxylic acids is 1. The van der Waals surface area contributed by atoms with Gasteiger partial charge >= 0.3 is 0 Å². The Labute approximate surface area is 170 Å². The second-order valence-electron chi connectivity index (χ2n) is 6.38. The Balaban J connectivity index is 1.66. The standard InChI is InChI=1S/C20H24N2O6S/c1-26-16-5-8-18(20(13-16)27-2)21-14-19(23)15-3-6-17(7-4-15)29(24,25)22-9-11-28-12-10-22/h3-8,13,21H,9-12,14H2,1-2H3. The average molecular weight is 420 g/mol. The van der Waals surface area contributed by atoms with E-state index in [4.69, 9.17) is 14.2 Å². The summed E-state index contributed by atoms with van der Waals surface area (Å²) in [6.07, 6.45) is 0. The topological polar surface area (TPSA) is 94.2 Å². The van der Waals surface area contributed by atoms with Crippen LogP contribution in [0.4, 0.5) is 5.69 Å². The van der Waals surface area contributed by atoms with Crippen LogP contribution in [0.3, 0.4) is 0 Å². The normalized spacial score (nSPS) is 15.0. The zero-order valence-corrected chi connectivity index (χ0v) is 17.2. The largest absolute Gasteiger partial charge is 0.497 e. The van der Waals surface area contributed by atoms with Crippen LogP contribution < -0.4 is 14.8 Å². The summed E-state index contributed by atoms with van der Waals surface area (Å²) in [6, 6.07) is 11.2. The molecule has 0 spiro atoms. The lowest BCUT2D eigenvalue weighted by Crippen LogP contribution is -2.40. The number of rotatable bonds is 8. The highest BCUT2D eigenvalue weighted by Gasteiger charge is 2.26. The molecule has 0 saturated carbocycles. The molecule has 9 heteroatoms. The van der Waals surface area contributed by atoms with Crippen LogP contribution in [0.5, 0.6) is 11.5 Å². The van der Waals surface area contributed by atoms with E-state index in [0.717, 1.165) is 0 Å². The van der Waals surface area contributed by atoms with E-state index in [2.05, 4.69) is 5.32 Å². The van der Waals surface area contributed by atoms with E-state index >= 15 is 0 Å². The van der Waals surface area contributed by atoms with E-state index in [-0.39, 0.29) is 17.2 Å². The third kappa shape index (κ3) is 4.87. The van der Waals surface area contributed by atoms with E-state index in [0.29, 0.717) is 49.1 Å². The molecule has 0 bridgehead atoms. The number of hydrogen-bond acceptors (Lipinski definition) is 7. The first-order valence-electron chi connectivity index (χ1n) is 9.13. The van der Waals surface area contributed by atoms with Gasteiger partial charge in [0, 0.05) is 24.7 Å². The molecule has 1 N–H and O–H groups in total. The fraction of sp³-hybridized carbons (Fsp3) is 0.350. The molecule has 1 aliphatic rings. The number of carbonyl (C=O) groups is 1. The van der Waals surface area contributed by atoms with Crippen molar-refractivity contribution in [2.24, 2.45) is 0 Å². The molecule has 1 heterocycles. The molecule has 0 aliphatic carbocycles. The van der Waals surface area contributed by atoms with Crippen LogP contribution in [-0.4, -0.2) is 65.6 Å². The van der Waals surface area contributed by atoms with Crippen LogP contribution in [0.15, 0.2) is 47.4 Å². The molecule has 0 radical (unpaired) electrons. The predicted molar refractivity (Wildman–Crippen MR) is 108 cm³/mol. The molecule has 0 atom stereocenters. The Hall–Kier alpha value is -2.62. The minimum Gasteiger partial charge on any atom is -0.497 e. The van der Waals surface area contributed by atoms with Crippen molar-refractivity contribution in [3.8, 4) is 11.5 Å². The molecule has 0 amide bonds. The summed E-state index contributed by atoms with van der Waals surface area (Å²) in [5.74, 6) is 1.04. The highest BCUT2D eigenvalue weighted by Crippen LogP contribution is 2.29. The molecule has 29 heavy (non-hydrogen) atoms. The summed E-state index contributed by atoms with van der Waals surface area (Å²) >= 11 is 0. The molecule has 2 aromatic rings. The Kier molecular flexibility index (Phi) is 6.73. The summed E-state index contributed by atoms with van der Waals surface area (Å²) in [7, 11) is -0.476. The Bertz CT molecular complexity index is 953. The molecule has 0 unspecified atom stereocenters. The van der Waals surface area contributed by atoms with E-state index in [1.54, 1.807) is 25.3 Å². The number of ether oxygens (including phenoxy) is 3. The lowest BCUT2D eigenvalue weighted by Gasteiger charge is -2.26. The van der Waals surface area contributed by atoms with Crippen LogP contribution in [0.2, 0.25) is 0 Å². The fourth-order valence-electron chi connectivity index (χ4n) is 2.97. The lowest BCUT2D eigenvalue weighted by atomic mass is 10.1. The van der Waals surface area contributed by atoms with E-state index < -0.39 is 10.0 Å². The number of sulfonamides is 1. The smallest absolute Gasteiger partial charge is 0.243 e. The molecule has 8 nitrogen and oxygen atoms in total. The zero-order valence-electron chi connectivity index (χ0n) is 16.4. The highest BCUT2D eigenvalue weighted by atomic mass is 32.2. The van der Waals surface area contributed by atoms with Crippen LogP contribution in [0, 0.1) is 0 Å².